The third-order valence-electron chi connectivity index (χ3n) is 3.71. The van der Waals surface area contributed by atoms with Crippen LogP contribution in [0.3, 0.4) is 0 Å². The molecule has 1 amide bonds. The lowest BCUT2D eigenvalue weighted by molar-refractivity contribution is 0.0950. The first kappa shape index (κ1) is 15.8. The van der Waals surface area contributed by atoms with Gasteiger partial charge in [0, 0.05) is 24.5 Å². The molecule has 1 heterocycles. The number of hydrogen-bond acceptors (Lipinski definition) is 3. The average molecular weight is 321 g/mol. The van der Waals surface area contributed by atoms with Crippen LogP contribution >= 0.6 is 0 Å². The molecule has 0 radical (unpaired) electrons. The highest BCUT2D eigenvalue weighted by atomic mass is 16.5. The van der Waals surface area contributed by atoms with Gasteiger partial charge in [-0.25, -0.2) is 0 Å². The van der Waals surface area contributed by atoms with E-state index in [1.807, 2.05) is 35.1 Å². The van der Waals surface area contributed by atoms with Gasteiger partial charge in [0.2, 0.25) is 0 Å². The Morgan fingerprint density at radius 3 is 2.62 bits per heavy atom. The monoisotopic (exact) mass is 321 g/mol. The van der Waals surface area contributed by atoms with Gasteiger partial charge in [-0.2, -0.15) is 5.10 Å². The van der Waals surface area contributed by atoms with Crippen LogP contribution in [0, 0.1) is 0 Å². The SMILES string of the molecule is COc1cccc(C(=O)NCc2ccc(Cn3cccn3)cc2)c1. The zero-order valence-electron chi connectivity index (χ0n) is 13.5. The fourth-order valence-corrected chi connectivity index (χ4v) is 2.39. The predicted molar refractivity (Wildman–Crippen MR) is 91.9 cm³/mol. The number of nitrogens with zero attached hydrogens (tertiary/aromatic N) is 2. The Morgan fingerprint density at radius 2 is 1.92 bits per heavy atom. The highest BCUT2D eigenvalue weighted by molar-refractivity contribution is 5.94. The highest BCUT2D eigenvalue weighted by Crippen LogP contribution is 2.12. The highest BCUT2D eigenvalue weighted by Gasteiger charge is 2.06. The van der Waals surface area contributed by atoms with Crippen molar-refractivity contribution in [3.63, 3.8) is 0 Å². The first-order chi connectivity index (χ1) is 11.7. The van der Waals surface area contributed by atoms with Gasteiger partial charge in [-0.1, -0.05) is 30.3 Å². The quantitative estimate of drug-likeness (QED) is 0.759. The van der Waals surface area contributed by atoms with Crippen molar-refractivity contribution in [3.05, 3.63) is 83.7 Å². The van der Waals surface area contributed by atoms with Crippen molar-refractivity contribution in [2.75, 3.05) is 7.11 Å². The third kappa shape index (κ3) is 4.01. The van der Waals surface area contributed by atoms with Crippen LogP contribution in [-0.4, -0.2) is 22.8 Å². The molecule has 0 aliphatic carbocycles. The Balaban J connectivity index is 1.57. The number of carbonyl (C=O) groups is 1. The van der Waals surface area contributed by atoms with Crippen molar-refractivity contribution in [3.8, 4) is 5.75 Å². The van der Waals surface area contributed by atoms with Crippen LogP contribution in [0.1, 0.15) is 21.5 Å². The van der Waals surface area contributed by atoms with Crippen molar-refractivity contribution in [1.82, 2.24) is 15.1 Å². The Kier molecular flexibility index (Phi) is 4.91. The number of aromatic nitrogens is 2. The minimum atomic E-state index is -0.116. The summed E-state index contributed by atoms with van der Waals surface area (Å²) >= 11 is 0. The van der Waals surface area contributed by atoms with E-state index in [4.69, 9.17) is 4.74 Å². The number of benzene rings is 2. The molecule has 0 unspecified atom stereocenters. The molecule has 0 spiro atoms. The first-order valence-corrected chi connectivity index (χ1v) is 7.72. The summed E-state index contributed by atoms with van der Waals surface area (Å²) < 4.78 is 7.01. The number of carbonyl (C=O) groups excluding carboxylic acids is 1. The van der Waals surface area contributed by atoms with Gasteiger partial charge < -0.3 is 10.1 Å². The van der Waals surface area contributed by atoms with E-state index in [0.29, 0.717) is 17.9 Å². The Morgan fingerprint density at radius 1 is 1.12 bits per heavy atom. The fraction of sp³-hybridized carbons (Fsp3) is 0.158. The summed E-state index contributed by atoms with van der Waals surface area (Å²) in [7, 11) is 1.59. The zero-order chi connectivity index (χ0) is 16.8. The number of methoxy groups -OCH3 is 1. The lowest BCUT2D eigenvalue weighted by Crippen LogP contribution is -2.22. The molecule has 5 nitrogen and oxygen atoms in total. The standard InChI is InChI=1S/C19H19N3O2/c1-24-18-5-2-4-17(12-18)19(23)20-13-15-6-8-16(9-7-15)14-22-11-3-10-21-22/h2-12H,13-14H2,1H3,(H,20,23). The largest absolute Gasteiger partial charge is 0.497 e. The Labute approximate surface area is 140 Å². The maximum Gasteiger partial charge on any atom is 0.251 e. The molecule has 0 saturated carbocycles. The van der Waals surface area contributed by atoms with Gasteiger partial charge in [0.15, 0.2) is 0 Å². The topological polar surface area (TPSA) is 56.1 Å². The summed E-state index contributed by atoms with van der Waals surface area (Å²) in [6.07, 6.45) is 3.70. The molecule has 1 aromatic heterocycles. The molecule has 24 heavy (non-hydrogen) atoms. The van der Waals surface area contributed by atoms with E-state index in [-0.39, 0.29) is 5.91 Å². The number of nitrogens with one attached hydrogen (secondary N) is 1. The molecule has 0 aliphatic heterocycles. The summed E-state index contributed by atoms with van der Waals surface area (Å²) in [5.41, 5.74) is 2.81. The maximum absolute atomic E-state index is 12.2. The van der Waals surface area contributed by atoms with Crippen LogP contribution in [0.2, 0.25) is 0 Å². The minimum absolute atomic E-state index is 0.116. The molecule has 0 atom stereocenters. The second-order valence-electron chi connectivity index (χ2n) is 5.43. The predicted octanol–water partition coefficient (Wildman–Crippen LogP) is 2.87. The molecule has 3 rings (SSSR count). The van der Waals surface area contributed by atoms with E-state index in [0.717, 1.165) is 12.1 Å². The summed E-state index contributed by atoms with van der Waals surface area (Å²) in [4.78, 5) is 12.2. The second-order valence-corrected chi connectivity index (χ2v) is 5.43. The number of amides is 1. The molecule has 5 heteroatoms. The molecule has 0 bridgehead atoms. The second kappa shape index (κ2) is 7.46. The normalized spacial score (nSPS) is 10.4. The van der Waals surface area contributed by atoms with E-state index in [1.165, 1.54) is 5.56 Å². The number of hydrogen-bond donors (Lipinski definition) is 1. The lowest BCUT2D eigenvalue weighted by Gasteiger charge is -2.08. The van der Waals surface area contributed by atoms with Gasteiger partial charge in [-0.3, -0.25) is 9.48 Å². The van der Waals surface area contributed by atoms with Gasteiger partial charge in [0.1, 0.15) is 5.75 Å². The van der Waals surface area contributed by atoms with Gasteiger partial charge in [0.25, 0.3) is 5.91 Å². The van der Waals surface area contributed by atoms with E-state index in [9.17, 15) is 4.79 Å². The van der Waals surface area contributed by atoms with Crippen LogP contribution < -0.4 is 10.1 Å². The molecule has 3 aromatic rings. The molecule has 122 valence electrons. The Bertz CT molecular complexity index is 796. The van der Waals surface area contributed by atoms with Gasteiger partial charge in [0.05, 0.1) is 13.7 Å². The van der Waals surface area contributed by atoms with Crippen LogP contribution in [0.4, 0.5) is 0 Å². The summed E-state index contributed by atoms with van der Waals surface area (Å²) in [6, 6.07) is 17.2. The molecular formula is C19H19N3O2. The fourth-order valence-electron chi connectivity index (χ4n) is 2.39. The number of ether oxygens (including phenoxy) is 1. The van der Waals surface area contributed by atoms with Gasteiger partial charge in [-0.15, -0.1) is 0 Å². The third-order valence-corrected chi connectivity index (χ3v) is 3.71. The molecule has 0 saturated heterocycles. The van der Waals surface area contributed by atoms with Crippen molar-refractivity contribution < 1.29 is 9.53 Å². The minimum Gasteiger partial charge on any atom is -0.497 e. The molecule has 2 aromatic carbocycles. The maximum atomic E-state index is 12.2. The lowest BCUT2D eigenvalue weighted by atomic mass is 10.1. The van der Waals surface area contributed by atoms with E-state index >= 15 is 0 Å². The van der Waals surface area contributed by atoms with Crippen molar-refractivity contribution >= 4 is 5.91 Å². The number of rotatable bonds is 6. The Hall–Kier alpha value is -3.08. The van der Waals surface area contributed by atoms with E-state index in [1.54, 1.807) is 31.5 Å². The van der Waals surface area contributed by atoms with Crippen molar-refractivity contribution in [2.45, 2.75) is 13.1 Å². The van der Waals surface area contributed by atoms with Crippen molar-refractivity contribution in [1.29, 1.82) is 0 Å². The summed E-state index contributed by atoms with van der Waals surface area (Å²) in [5, 5.41) is 7.11. The molecule has 0 fully saturated rings. The van der Waals surface area contributed by atoms with Crippen molar-refractivity contribution in [2.24, 2.45) is 0 Å². The first-order valence-electron chi connectivity index (χ1n) is 7.72. The van der Waals surface area contributed by atoms with E-state index in [2.05, 4.69) is 22.5 Å². The summed E-state index contributed by atoms with van der Waals surface area (Å²) in [5.74, 6) is 0.556. The summed E-state index contributed by atoms with van der Waals surface area (Å²) in [6.45, 7) is 1.22. The van der Waals surface area contributed by atoms with Gasteiger partial charge in [-0.05, 0) is 35.4 Å². The van der Waals surface area contributed by atoms with Crippen LogP contribution in [0.15, 0.2) is 67.0 Å². The van der Waals surface area contributed by atoms with Crippen LogP contribution in [0.5, 0.6) is 5.75 Å². The molecule has 0 aliphatic rings. The zero-order valence-corrected chi connectivity index (χ0v) is 13.5. The van der Waals surface area contributed by atoms with Gasteiger partial charge >= 0.3 is 0 Å². The average Bonchev–Trinajstić information content (AvgIpc) is 3.14. The smallest absolute Gasteiger partial charge is 0.251 e. The van der Waals surface area contributed by atoms with E-state index < -0.39 is 0 Å². The van der Waals surface area contributed by atoms with Crippen LogP contribution in [-0.2, 0) is 13.1 Å². The van der Waals surface area contributed by atoms with Crippen LogP contribution in [0.25, 0.3) is 0 Å². The molecular weight excluding hydrogens is 302 g/mol. The molecule has 1 N–H and O–H groups in total.